The summed E-state index contributed by atoms with van der Waals surface area (Å²) in [7, 11) is -0.790. The van der Waals surface area contributed by atoms with E-state index in [1.165, 1.54) is 49.4 Å². The molecule has 0 radical (unpaired) electrons. The molecular weight excluding hydrogens is 586 g/mol. The van der Waals surface area contributed by atoms with Crippen LogP contribution in [-0.2, 0) is 21.4 Å². The summed E-state index contributed by atoms with van der Waals surface area (Å²) in [5.74, 6) is 0.122. The monoisotopic (exact) mass is 621 g/mol. The van der Waals surface area contributed by atoms with E-state index in [4.69, 9.17) is 14.2 Å². The summed E-state index contributed by atoms with van der Waals surface area (Å²) in [6.07, 6.45) is 2.80. The summed E-state index contributed by atoms with van der Waals surface area (Å²) >= 11 is 0. The maximum Gasteiger partial charge on any atom is 0.411 e. The molecule has 1 heterocycles. The lowest BCUT2D eigenvalue weighted by atomic mass is 9.93. The zero-order chi connectivity index (χ0) is 31.7. The van der Waals surface area contributed by atoms with E-state index in [2.05, 4.69) is 16.6 Å². The molecule has 3 aromatic rings. The number of aliphatic hydroxyl groups excluding tert-OH is 1. The Kier molecular flexibility index (Phi) is 10.8. The Balaban J connectivity index is 1.64. The predicted molar refractivity (Wildman–Crippen MR) is 166 cm³/mol. The number of nitrogens with zero attached hydrogens (tertiary/aromatic N) is 1. The van der Waals surface area contributed by atoms with Gasteiger partial charge in [-0.2, -0.15) is 0 Å². The van der Waals surface area contributed by atoms with E-state index in [9.17, 15) is 23.1 Å². The Morgan fingerprint density at radius 3 is 2.45 bits per heavy atom. The van der Waals surface area contributed by atoms with E-state index in [1.54, 1.807) is 12.1 Å². The van der Waals surface area contributed by atoms with Crippen LogP contribution in [0.1, 0.15) is 27.9 Å². The van der Waals surface area contributed by atoms with Crippen molar-refractivity contribution < 1.29 is 37.3 Å². The molecule has 0 aromatic heterocycles. The summed E-state index contributed by atoms with van der Waals surface area (Å²) in [4.78, 5) is 28.1. The van der Waals surface area contributed by atoms with Gasteiger partial charge in [-0.3, -0.25) is 10.1 Å². The van der Waals surface area contributed by atoms with Crippen molar-refractivity contribution in [3.8, 4) is 11.5 Å². The maximum atomic E-state index is 14.0. The lowest BCUT2D eigenvalue weighted by molar-refractivity contribution is 0.0619. The molecule has 1 aliphatic rings. The lowest BCUT2D eigenvalue weighted by Crippen LogP contribution is -2.45. The summed E-state index contributed by atoms with van der Waals surface area (Å²) in [5, 5.41) is 12.9. The number of rotatable bonds is 12. The van der Waals surface area contributed by atoms with Crippen molar-refractivity contribution in [3.05, 3.63) is 102 Å². The van der Waals surface area contributed by atoms with Crippen LogP contribution in [0.4, 0.5) is 10.5 Å². The molecule has 0 aliphatic carbocycles. The number of aliphatic hydroxyl groups is 1. The van der Waals surface area contributed by atoms with Gasteiger partial charge in [0.25, 0.3) is 5.91 Å². The second kappa shape index (κ2) is 14.7. The summed E-state index contributed by atoms with van der Waals surface area (Å²) < 4.78 is 43.1. The van der Waals surface area contributed by atoms with Crippen molar-refractivity contribution in [1.29, 1.82) is 0 Å². The first kappa shape index (κ1) is 32.3. The number of carbonyl (C=O) groups is 2. The highest BCUT2D eigenvalue weighted by Crippen LogP contribution is 2.36. The molecule has 1 aliphatic heterocycles. The first-order chi connectivity index (χ1) is 21.2. The van der Waals surface area contributed by atoms with Crippen molar-refractivity contribution in [2.24, 2.45) is 0 Å². The van der Waals surface area contributed by atoms with Gasteiger partial charge in [-0.25, -0.2) is 17.9 Å². The van der Waals surface area contributed by atoms with Gasteiger partial charge in [-0.1, -0.05) is 61.2 Å². The third-order valence-corrected chi connectivity index (χ3v) is 8.48. The van der Waals surface area contributed by atoms with Gasteiger partial charge in [0.05, 0.1) is 35.9 Å². The Labute approximate surface area is 256 Å². The standard InChI is InChI=1S/C32H35N3O8S/c1-4-16-42-32(38)34-28-19-30(43-21-22-8-6-5-7-9-22)29(41-3)18-27(28)31(37)35-15-14-24(17-25(35)20-36)23-10-12-26(13-11-23)44(39,40)33-2/h4-14,18-19,25,33,36H,1,15-17,20-21H2,2-3H3,(H,34,38)/t25-/m0/s1. The fourth-order valence-corrected chi connectivity index (χ4v) is 5.43. The van der Waals surface area contributed by atoms with Crippen LogP contribution >= 0.6 is 0 Å². The maximum absolute atomic E-state index is 14.0. The molecule has 3 aromatic carbocycles. The number of hydrogen-bond acceptors (Lipinski definition) is 8. The van der Waals surface area contributed by atoms with E-state index in [0.717, 1.165) is 16.7 Å². The number of hydrogen-bond donors (Lipinski definition) is 3. The zero-order valence-electron chi connectivity index (χ0n) is 24.5. The smallest absolute Gasteiger partial charge is 0.411 e. The van der Waals surface area contributed by atoms with Gasteiger partial charge in [-0.05, 0) is 48.4 Å². The summed E-state index contributed by atoms with van der Waals surface area (Å²) in [6, 6.07) is 18.3. The minimum atomic E-state index is -3.58. The number of ether oxygens (including phenoxy) is 3. The number of nitrogens with one attached hydrogen (secondary N) is 2. The fraction of sp³-hybridized carbons (Fsp3) is 0.250. The molecule has 1 atom stereocenters. The van der Waals surface area contributed by atoms with Crippen LogP contribution in [0.25, 0.3) is 5.57 Å². The number of amides is 2. The Hall–Kier alpha value is -4.65. The van der Waals surface area contributed by atoms with Crippen LogP contribution in [-0.4, -0.2) is 70.4 Å². The molecule has 4 rings (SSSR count). The molecule has 44 heavy (non-hydrogen) atoms. The van der Waals surface area contributed by atoms with Gasteiger partial charge < -0.3 is 24.2 Å². The summed E-state index contributed by atoms with van der Waals surface area (Å²) in [6.45, 7) is 3.56. The highest BCUT2D eigenvalue weighted by molar-refractivity contribution is 7.89. The predicted octanol–water partition coefficient (Wildman–Crippen LogP) is 4.21. The molecule has 232 valence electrons. The van der Waals surface area contributed by atoms with Gasteiger partial charge in [0, 0.05) is 12.6 Å². The van der Waals surface area contributed by atoms with Crippen LogP contribution in [0.15, 0.2) is 90.4 Å². The normalized spacial score (nSPS) is 14.8. The van der Waals surface area contributed by atoms with Gasteiger partial charge >= 0.3 is 6.09 Å². The largest absolute Gasteiger partial charge is 0.493 e. The SMILES string of the molecule is C=CCOC(=O)Nc1cc(OCc2ccccc2)c(OC)cc1C(=O)N1CC=C(c2ccc(S(=O)(=O)NC)cc2)C[C@H]1CO. The Bertz CT molecular complexity index is 1620. The molecule has 12 heteroatoms. The van der Waals surface area contributed by atoms with E-state index >= 15 is 0 Å². The highest BCUT2D eigenvalue weighted by Gasteiger charge is 2.31. The molecule has 0 unspecified atom stereocenters. The van der Waals surface area contributed by atoms with Gasteiger partial charge in [-0.15, -0.1) is 0 Å². The molecule has 0 saturated heterocycles. The van der Waals surface area contributed by atoms with Crippen molar-refractivity contribution in [1.82, 2.24) is 9.62 Å². The third kappa shape index (κ3) is 7.64. The minimum Gasteiger partial charge on any atom is -0.493 e. The molecule has 0 spiro atoms. The average molecular weight is 622 g/mol. The molecular formula is C32H35N3O8S. The highest BCUT2D eigenvalue weighted by atomic mass is 32.2. The fourth-order valence-electron chi connectivity index (χ4n) is 4.70. The minimum absolute atomic E-state index is 0.0310. The quantitative estimate of drug-likeness (QED) is 0.255. The Morgan fingerprint density at radius 1 is 1.09 bits per heavy atom. The molecule has 2 amide bonds. The van der Waals surface area contributed by atoms with E-state index in [1.807, 2.05) is 36.4 Å². The number of methoxy groups -OCH3 is 1. The first-order valence-corrected chi connectivity index (χ1v) is 15.3. The van der Waals surface area contributed by atoms with Crippen molar-refractivity contribution in [2.75, 3.05) is 39.2 Å². The molecule has 0 saturated carbocycles. The van der Waals surface area contributed by atoms with Gasteiger partial charge in [0.2, 0.25) is 10.0 Å². The van der Waals surface area contributed by atoms with E-state index < -0.39 is 28.1 Å². The topological polar surface area (TPSA) is 144 Å². The number of anilines is 1. The second-order valence-corrected chi connectivity index (χ2v) is 11.7. The van der Waals surface area contributed by atoms with Gasteiger partial charge in [0.1, 0.15) is 13.2 Å². The molecule has 11 nitrogen and oxygen atoms in total. The van der Waals surface area contributed by atoms with E-state index in [-0.39, 0.29) is 48.3 Å². The van der Waals surface area contributed by atoms with Crippen LogP contribution in [0, 0.1) is 0 Å². The molecule has 0 fully saturated rings. The van der Waals surface area contributed by atoms with Crippen LogP contribution in [0.2, 0.25) is 0 Å². The van der Waals surface area contributed by atoms with Gasteiger partial charge in [0.15, 0.2) is 11.5 Å². The third-order valence-electron chi connectivity index (χ3n) is 7.05. The second-order valence-electron chi connectivity index (χ2n) is 9.79. The van der Waals surface area contributed by atoms with E-state index in [0.29, 0.717) is 12.2 Å². The summed E-state index contributed by atoms with van der Waals surface area (Å²) in [5.41, 5.74) is 2.80. The number of carbonyl (C=O) groups excluding carboxylic acids is 2. The van der Waals surface area contributed by atoms with Crippen LogP contribution in [0.5, 0.6) is 11.5 Å². The van der Waals surface area contributed by atoms with Crippen molar-refractivity contribution in [3.63, 3.8) is 0 Å². The van der Waals surface area contributed by atoms with Crippen LogP contribution in [0.3, 0.4) is 0 Å². The lowest BCUT2D eigenvalue weighted by Gasteiger charge is -2.35. The molecule has 3 N–H and O–H groups in total. The van der Waals surface area contributed by atoms with Crippen molar-refractivity contribution in [2.45, 2.75) is 24.0 Å². The zero-order valence-corrected chi connectivity index (χ0v) is 25.3. The number of sulfonamides is 1. The Morgan fingerprint density at radius 2 is 1.82 bits per heavy atom. The van der Waals surface area contributed by atoms with Crippen LogP contribution < -0.4 is 19.5 Å². The average Bonchev–Trinajstić information content (AvgIpc) is 3.06. The number of benzene rings is 3. The first-order valence-electron chi connectivity index (χ1n) is 13.8. The van der Waals surface area contributed by atoms with Crippen molar-refractivity contribution >= 4 is 33.3 Å². The molecule has 0 bridgehead atoms.